The van der Waals surface area contributed by atoms with E-state index in [0.29, 0.717) is 0 Å². The van der Waals surface area contributed by atoms with Gasteiger partial charge in [-0.15, -0.1) is 0 Å². The van der Waals surface area contributed by atoms with Crippen molar-refractivity contribution in [1.82, 2.24) is 0 Å². The predicted octanol–water partition coefficient (Wildman–Crippen LogP) is 4.67. The summed E-state index contributed by atoms with van der Waals surface area (Å²) in [6.07, 6.45) is -0.364. The smallest absolute Gasteiger partial charge is 0.332 e. The van der Waals surface area contributed by atoms with E-state index < -0.39 is 0 Å². The molecule has 5 nitrogen and oxygen atoms in total. The largest absolute Gasteiger partial charge is 0.459 e. The van der Waals surface area contributed by atoms with Gasteiger partial charge in [-0.2, -0.15) is 0 Å². The van der Waals surface area contributed by atoms with E-state index in [1.165, 1.54) is 0 Å². The van der Waals surface area contributed by atoms with Crippen molar-refractivity contribution in [3.05, 3.63) is 95.6 Å². The molecule has 3 rings (SSSR count). The molecule has 0 unspecified atom stereocenters. The number of rotatable bonds is 9. The average molecular weight is 419 g/mol. The van der Waals surface area contributed by atoms with Gasteiger partial charge in [-0.3, -0.25) is 0 Å². The van der Waals surface area contributed by atoms with Gasteiger partial charge < -0.3 is 19.3 Å². The van der Waals surface area contributed by atoms with Crippen LogP contribution in [-0.2, 0) is 20.9 Å². The summed E-state index contributed by atoms with van der Waals surface area (Å²) in [7, 11) is 8.02. The standard InChI is InChI=1S/C26H30N2O3/c1-27(2)23-14-10-21(11-15-23)26(22-12-16-24(17-13-22)28(3)4)31-19-25(29)30-18-20-8-6-5-7-9-20/h5-17,26H,18-19H2,1-4H3. The summed E-state index contributed by atoms with van der Waals surface area (Å²) in [4.78, 5) is 16.4. The zero-order valence-electron chi connectivity index (χ0n) is 18.6. The first-order chi connectivity index (χ1) is 14.9. The van der Waals surface area contributed by atoms with Gasteiger partial charge in [0, 0.05) is 39.6 Å². The number of carbonyl (C=O) groups is 1. The monoisotopic (exact) mass is 418 g/mol. The molecule has 0 heterocycles. The van der Waals surface area contributed by atoms with Crippen LogP contribution >= 0.6 is 0 Å². The predicted molar refractivity (Wildman–Crippen MR) is 126 cm³/mol. The highest BCUT2D eigenvalue weighted by molar-refractivity contribution is 5.70. The van der Waals surface area contributed by atoms with Crippen LogP contribution in [0.1, 0.15) is 22.8 Å². The molecule has 0 aliphatic carbocycles. The molecule has 0 aromatic heterocycles. The Kier molecular flexibility index (Phi) is 7.68. The van der Waals surface area contributed by atoms with Crippen molar-refractivity contribution < 1.29 is 14.3 Å². The third-order valence-corrected chi connectivity index (χ3v) is 5.03. The number of benzene rings is 3. The molecule has 0 saturated heterocycles. The van der Waals surface area contributed by atoms with Crippen LogP contribution in [0.2, 0.25) is 0 Å². The SMILES string of the molecule is CN(C)c1ccc(C(OCC(=O)OCc2ccccc2)c2ccc(N(C)C)cc2)cc1. The summed E-state index contributed by atoms with van der Waals surface area (Å²) in [6, 6.07) is 26.0. The summed E-state index contributed by atoms with van der Waals surface area (Å²) in [5.41, 5.74) is 5.13. The number of nitrogens with zero attached hydrogens (tertiary/aromatic N) is 2. The van der Waals surface area contributed by atoms with Gasteiger partial charge in [-0.05, 0) is 41.0 Å². The van der Waals surface area contributed by atoms with Gasteiger partial charge in [0.2, 0.25) is 0 Å². The lowest BCUT2D eigenvalue weighted by molar-refractivity contribution is -0.151. The average Bonchev–Trinajstić information content (AvgIpc) is 2.79. The fourth-order valence-corrected chi connectivity index (χ4v) is 3.21. The minimum atomic E-state index is -0.385. The Balaban J connectivity index is 1.72. The molecule has 0 atom stereocenters. The number of carbonyl (C=O) groups excluding carboxylic acids is 1. The first kappa shape index (κ1) is 22.4. The molecule has 162 valence electrons. The van der Waals surface area contributed by atoms with Crippen molar-refractivity contribution in [2.45, 2.75) is 12.7 Å². The van der Waals surface area contributed by atoms with E-state index >= 15 is 0 Å². The van der Waals surface area contributed by atoms with Crippen LogP contribution in [0.5, 0.6) is 0 Å². The van der Waals surface area contributed by atoms with Gasteiger partial charge in [0.05, 0.1) is 0 Å². The van der Waals surface area contributed by atoms with Crippen LogP contribution in [-0.4, -0.2) is 40.8 Å². The second kappa shape index (κ2) is 10.6. The van der Waals surface area contributed by atoms with Gasteiger partial charge >= 0.3 is 5.97 Å². The third-order valence-electron chi connectivity index (χ3n) is 5.03. The molecule has 0 radical (unpaired) electrons. The van der Waals surface area contributed by atoms with Crippen LogP contribution in [0.25, 0.3) is 0 Å². The molecule has 3 aromatic rings. The van der Waals surface area contributed by atoms with Crippen LogP contribution in [0, 0.1) is 0 Å². The Labute approximate surface area is 184 Å². The Hall–Kier alpha value is -3.31. The normalized spacial score (nSPS) is 10.7. The molecule has 0 saturated carbocycles. The van der Waals surface area contributed by atoms with Crippen LogP contribution in [0.4, 0.5) is 11.4 Å². The number of hydrogen-bond donors (Lipinski definition) is 0. The molecule has 31 heavy (non-hydrogen) atoms. The molecule has 0 amide bonds. The van der Waals surface area contributed by atoms with E-state index in [-0.39, 0.29) is 25.3 Å². The molecule has 5 heteroatoms. The molecule has 0 aliphatic rings. The highest BCUT2D eigenvalue weighted by Gasteiger charge is 2.18. The van der Waals surface area contributed by atoms with Crippen molar-refractivity contribution in [2.75, 3.05) is 44.6 Å². The third kappa shape index (κ3) is 6.33. The van der Waals surface area contributed by atoms with Gasteiger partial charge in [-0.1, -0.05) is 54.6 Å². The fourth-order valence-electron chi connectivity index (χ4n) is 3.21. The van der Waals surface area contributed by atoms with E-state index in [0.717, 1.165) is 28.1 Å². The molecular weight excluding hydrogens is 388 g/mol. The molecule has 3 aromatic carbocycles. The van der Waals surface area contributed by atoms with E-state index in [4.69, 9.17) is 9.47 Å². The van der Waals surface area contributed by atoms with Crippen molar-refractivity contribution >= 4 is 17.3 Å². The van der Waals surface area contributed by atoms with Crippen molar-refractivity contribution in [2.24, 2.45) is 0 Å². The Morgan fingerprint density at radius 2 is 1.23 bits per heavy atom. The summed E-state index contributed by atoms with van der Waals surface area (Å²) in [6.45, 7) is 0.116. The topological polar surface area (TPSA) is 42.0 Å². The fraction of sp³-hybridized carbons (Fsp3) is 0.269. The van der Waals surface area contributed by atoms with Crippen molar-refractivity contribution in [3.8, 4) is 0 Å². The van der Waals surface area contributed by atoms with Crippen LogP contribution in [0.3, 0.4) is 0 Å². The summed E-state index contributed by atoms with van der Waals surface area (Å²) in [5.74, 6) is -0.385. The maximum atomic E-state index is 12.3. The maximum absolute atomic E-state index is 12.3. The minimum absolute atomic E-state index is 0.123. The lowest BCUT2D eigenvalue weighted by atomic mass is 10.0. The highest BCUT2D eigenvalue weighted by atomic mass is 16.6. The van der Waals surface area contributed by atoms with E-state index in [1.54, 1.807) is 0 Å². The molecule has 0 aliphatic heterocycles. The van der Waals surface area contributed by atoms with Crippen molar-refractivity contribution in [3.63, 3.8) is 0 Å². The van der Waals surface area contributed by atoms with E-state index in [9.17, 15) is 4.79 Å². The highest BCUT2D eigenvalue weighted by Crippen LogP contribution is 2.29. The molecule has 0 N–H and O–H groups in total. The molecule has 0 spiro atoms. The van der Waals surface area contributed by atoms with Gasteiger partial charge in [-0.25, -0.2) is 4.79 Å². The summed E-state index contributed by atoms with van der Waals surface area (Å²) < 4.78 is 11.4. The second-order valence-electron chi connectivity index (χ2n) is 7.81. The van der Waals surface area contributed by atoms with E-state index in [1.807, 2.05) is 117 Å². The van der Waals surface area contributed by atoms with Gasteiger partial charge in [0.15, 0.2) is 0 Å². The summed E-state index contributed by atoms with van der Waals surface area (Å²) in [5, 5.41) is 0. The van der Waals surface area contributed by atoms with Crippen LogP contribution < -0.4 is 9.80 Å². The lowest BCUT2D eigenvalue weighted by Gasteiger charge is -2.21. The minimum Gasteiger partial charge on any atom is -0.459 e. The lowest BCUT2D eigenvalue weighted by Crippen LogP contribution is -2.17. The molecular formula is C26H30N2O3. The van der Waals surface area contributed by atoms with Gasteiger partial charge in [0.25, 0.3) is 0 Å². The van der Waals surface area contributed by atoms with Crippen molar-refractivity contribution in [1.29, 1.82) is 0 Å². The Bertz CT molecular complexity index is 901. The quantitative estimate of drug-likeness (QED) is 0.473. The first-order valence-corrected chi connectivity index (χ1v) is 10.3. The first-order valence-electron chi connectivity index (χ1n) is 10.3. The zero-order chi connectivity index (χ0) is 22.2. The number of esters is 1. The Morgan fingerprint density at radius 3 is 1.68 bits per heavy atom. The maximum Gasteiger partial charge on any atom is 0.332 e. The molecule has 0 fully saturated rings. The van der Waals surface area contributed by atoms with Gasteiger partial charge in [0.1, 0.15) is 19.3 Å². The zero-order valence-corrected chi connectivity index (χ0v) is 18.6. The number of hydrogen-bond acceptors (Lipinski definition) is 5. The Morgan fingerprint density at radius 1 is 0.742 bits per heavy atom. The summed E-state index contributed by atoms with van der Waals surface area (Å²) >= 11 is 0. The number of anilines is 2. The number of ether oxygens (including phenoxy) is 2. The van der Waals surface area contributed by atoms with Crippen LogP contribution in [0.15, 0.2) is 78.9 Å². The molecule has 0 bridgehead atoms. The van der Waals surface area contributed by atoms with E-state index in [2.05, 4.69) is 0 Å². The second-order valence-corrected chi connectivity index (χ2v) is 7.81.